The van der Waals surface area contributed by atoms with E-state index in [1.807, 2.05) is 24.3 Å². The fourth-order valence-corrected chi connectivity index (χ4v) is 3.25. The second-order valence-corrected chi connectivity index (χ2v) is 7.61. The van der Waals surface area contributed by atoms with E-state index in [1.165, 1.54) is 11.8 Å². The fraction of sp³-hybridized carbons (Fsp3) is 0.538. The Bertz CT molecular complexity index is 449. The molecule has 0 heterocycles. The van der Waals surface area contributed by atoms with Gasteiger partial charge >= 0.3 is 0 Å². The largest absolute Gasteiger partial charge is 0.229 e. The van der Waals surface area contributed by atoms with Crippen LogP contribution in [0, 0.1) is 5.92 Å². The summed E-state index contributed by atoms with van der Waals surface area (Å²) in [5.74, 6) is 0.599. The number of hydrogen-bond donors (Lipinski definition) is 0. The van der Waals surface area contributed by atoms with Crippen molar-refractivity contribution in [2.45, 2.75) is 25.6 Å². The van der Waals surface area contributed by atoms with Crippen molar-refractivity contribution in [1.29, 1.82) is 0 Å². The Morgan fingerprint density at radius 2 is 1.71 bits per heavy atom. The zero-order valence-corrected chi connectivity index (χ0v) is 12.1. The highest BCUT2D eigenvalue weighted by Gasteiger charge is 2.14. The summed E-state index contributed by atoms with van der Waals surface area (Å²) in [6.45, 7) is 4.34. The van der Waals surface area contributed by atoms with Crippen LogP contribution < -0.4 is 0 Å². The molecule has 1 aromatic carbocycles. The van der Waals surface area contributed by atoms with Crippen molar-refractivity contribution in [3.8, 4) is 0 Å². The highest BCUT2D eigenvalue weighted by molar-refractivity contribution is 7.90. The minimum atomic E-state index is -3.03. The fourth-order valence-electron chi connectivity index (χ4n) is 1.70. The van der Waals surface area contributed by atoms with Gasteiger partial charge in [0.2, 0.25) is 0 Å². The molecule has 0 aliphatic rings. The van der Waals surface area contributed by atoms with Gasteiger partial charge in [-0.3, -0.25) is 0 Å². The average molecular weight is 275 g/mol. The van der Waals surface area contributed by atoms with Crippen LogP contribution in [0.4, 0.5) is 0 Å². The first kappa shape index (κ1) is 14.5. The van der Waals surface area contributed by atoms with Gasteiger partial charge < -0.3 is 0 Å². The maximum Gasteiger partial charge on any atom is 0.149 e. The van der Waals surface area contributed by atoms with Crippen LogP contribution in [-0.4, -0.2) is 20.4 Å². The normalized spacial score (nSPS) is 13.9. The predicted octanol–water partition coefficient (Wildman–Crippen LogP) is 3.21. The molecule has 1 rings (SSSR count). The van der Waals surface area contributed by atoms with Crippen LogP contribution in [0.3, 0.4) is 0 Å². The van der Waals surface area contributed by atoms with Crippen LogP contribution in [0.5, 0.6) is 0 Å². The molecule has 2 nitrogen and oxygen atoms in total. The van der Waals surface area contributed by atoms with Crippen LogP contribution in [0.1, 0.15) is 30.4 Å². The highest BCUT2D eigenvalue weighted by Crippen LogP contribution is 2.23. The summed E-state index contributed by atoms with van der Waals surface area (Å²) in [7, 11) is -3.03. The first-order valence-corrected chi connectivity index (χ1v) is 8.18. The summed E-state index contributed by atoms with van der Waals surface area (Å²) in [6, 6.07) is 7.88. The Morgan fingerprint density at radius 1 is 1.18 bits per heavy atom. The van der Waals surface area contributed by atoms with E-state index in [0.29, 0.717) is 5.92 Å². The van der Waals surface area contributed by atoms with E-state index >= 15 is 0 Å². The zero-order valence-electron chi connectivity index (χ0n) is 10.5. The minimum absolute atomic E-state index is 0.0158. The number of hydrogen-bond acceptors (Lipinski definition) is 2. The average Bonchev–Trinajstić information content (AvgIpc) is 2.15. The molecule has 1 atom stereocenters. The molecular weight excluding hydrogens is 256 g/mol. The molecule has 0 radical (unpaired) electrons. The van der Waals surface area contributed by atoms with Crippen molar-refractivity contribution in [1.82, 2.24) is 0 Å². The molecule has 4 heteroatoms. The van der Waals surface area contributed by atoms with Crippen molar-refractivity contribution in [2.75, 3.05) is 12.0 Å². The third kappa shape index (κ3) is 5.55. The second kappa shape index (κ2) is 5.87. The van der Waals surface area contributed by atoms with Crippen molar-refractivity contribution in [2.24, 2.45) is 5.92 Å². The van der Waals surface area contributed by atoms with E-state index in [-0.39, 0.29) is 5.75 Å². The molecule has 0 fully saturated rings. The van der Waals surface area contributed by atoms with E-state index in [1.54, 1.807) is 0 Å². The maximum absolute atomic E-state index is 11.1. The molecule has 0 N–H and O–H groups in total. The van der Waals surface area contributed by atoms with Crippen LogP contribution in [0.15, 0.2) is 24.3 Å². The standard InChI is InChI=1S/C13H19ClO2S/c1-10(2)8-11-4-6-12(7-5-11)13(14)9-17(3,15)16/h4-7,10,13H,8-9H2,1-3H3. The van der Waals surface area contributed by atoms with Gasteiger partial charge in [0.15, 0.2) is 0 Å². The molecule has 96 valence electrons. The second-order valence-electron chi connectivity index (χ2n) is 4.90. The van der Waals surface area contributed by atoms with Gasteiger partial charge in [0.25, 0.3) is 0 Å². The molecule has 1 unspecified atom stereocenters. The molecule has 0 bridgehead atoms. The van der Waals surface area contributed by atoms with Gasteiger partial charge in [-0.1, -0.05) is 38.1 Å². The summed E-state index contributed by atoms with van der Waals surface area (Å²) >= 11 is 6.07. The van der Waals surface area contributed by atoms with E-state index in [2.05, 4.69) is 13.8 Å². The number of halogens is 1. The van der Waals surface area contributed by atoms with Gasteiger partial charge in [-0.05, 0) is 23.5 Å². The molecule has 0 aromatic heterocycles. The van der Waals surface area contributed by atoms with E-state index < -0.39 is 15.2 Å². The lowest BCUT2D eigenvalue weighted by Gasteiger charge is -2.10. The smallest absolute Gasteiger partial charge is 0.149 e. The summed E-state index contributed by atoms with van der Waals surface area (Å²) in [5.41, 5.74) is 2.12. The first-order valence-electron chi connectivity index (χ1n) is 5.68. The molecule has 0 saturated carbocycles. The van der Waals surface area contributed by atoms with Gasteiger partial charge in [-0.2, -0.15) is 0 Å². The molecular formula is C13H19ClO2S. The highest BCUT2D eigenvalue weighted by atomic mass is 35.5. The topological polar surface area (TPSA) is 34.1 Å². The van der Waals surface area contributed by atoms with Crippen LogP contribution >= 0.6 is 11.6 Å². The molecule has 17 heavy (non-hydrogen) atoms. The quantitative estimate of drug-likeness (QED) is 0.773. The number of benzene rings is 1. The summed E-state index contributed by atoms with van der Waals surface area (Å²) in [6.07, 6.45) is 2.23. The van der Waals surface area contributed by atoms with E-state index in [0.717, 1.165) is 12.0 Å². The van der Waals surface area contributed by atoms with Crippen molar-refractivity contribution >= 4 is 21.4 Å². The van der Waals surface area contributed by atoms with E-state index in [9.17, 15) is 8.42 Å². The van der Waals surface area contributed by atoms with Crippen molar-refractivity contribution in [3.05, 3.63) is 35.4 Å². The number of alkyl halides is 1. The lowest BCUT2D eigenvalue weighted by Crippen LogP contribution is -2.09. The Labute approximate surface area is 109 Å². The minimum Gasteiger partial charge on any atom is -0.229 e. The third-order valence-corrected chi connectivity index (χ3v) is 3.96. The Hall–Kier alpha value is -0.540. The summed E-state index contributed by atoms with van der Waals surface area (Å²) in [4.78, 5) is 0. The predicted molar refractivity (Wildman–Crippen MR) is 73.3 cm³/mol. The Kier molecular flexibility index (Phi) is 5.02. The van der Waals surface area contributed by atoms with E-state index in [4.69, 9.17) is 11.6 Å². The van der Waals surface area contributed by atoms with Crippen LogP contribution in [0.2, 0.25) is 0 Å². The lowest BCUT2D eigenvalue weighted by atomic mass is 10.0. The van der Waals surface area contributed by atoms with Gasteiger partial charge in [0.1, 0.15) is 9.84 Å². The first-order chi connectivity index (χ1) is 7.78. The van der Waals surface area contributed by atoms with Crippen molar-refractivity contribution in [3.63, 3.8) is 0 Å². The third-order valence-electron chi connectivity index (χ3n) is 2.43. The lowest BCUT2D eigenvalue weighted by molar-refractivity contribution is 0.600. The monoisotopic (exact) mass is 274 g/mol. The molecule has 0 saturated heterocycles. The van der Waals surface area contributed by atoms with Crippen molar-refractivity contribution < 1.29 is 8.42 Å². The molecule has 1 aromatic rings. The molecule has 0 spiro atoms. The van der Waals surface area contributed by atoms with Gasteiger partial charge in [0.05, 0.1) is 11.1 Å². The van der Waals surface area contributed by atoms with Crippen LogP contribution in [-0.2, 0) is 16.3 Å². The number of sulfone groups is 1. The number of rotatable bonds is 5. The van der Waals surface area contributed by atoms with Gasteiger partial charge in [0, 0.05) is 6.26 Å². The summed E-state index contributed by atoms with van der Waals surface area (Å²) in [5, 5.41) is -0.460. The Morgan fingerprint density at radius 3 is 2.12 bits per heavy atom. The maximum atomic E-state index is 11.1. The zero-order chi connectivity index (χ0) is 13.1. The summed E-state index contributed by atoms with van der Waals surface area (Å²) < 4.78 is 22.3. The molecule has 0 amide bonds. The Balaban J connectivity index is 2.73. The van der Waals surface area contributed by atoms with Gasteiger partial charge in [-0.25, -0.2) is 8.42 Å². The molecule has 0 aliphatic heterocycles. The SMILES string of the molecule is CC(C)Cc1ccc(C(Cl)CS(C)(=O)=O)cc1. The van der Waals surface area contributed by atoms with Crippen LogP contribution in [0.25, 0.3) is 0 Å². The molecule has 0 aliphatic carbocycles. The van der Waals surface area contributed by atoms with Gasteiger partial charge in [-0.15, -0.1) is 11.6 Å².